The van der Waals surface area contributed by atoms with Crippen molar-refractivity contribution in [2.75, 3.05) is 7.05 Å². The largest absolute Gasteiger partial charge is 0.445 e. The molecule has 0 aliphatic heterocycles. The molecule has 18 heavy (non-hydrogen) atoms. The Morgan fingerprint density at radius 1 is 1.28 bits per heavy atom. The lowest BCUT2D eigenvalue weighted by Gasteiger charge is -2.35. The van der Waals surface area contributed by atoms with E-state index in [9.17, 15) is 4.79 Å². The molecule has 2 rings (SSSR count). The second kappa shape index (κ2) is 7.24. The zero-order valence-electron chi connectivity index (χ0n) is 10.4. The number of amides is 1. The summed E-state index contributed by atoms with van der Waals surface area (Å²) in [6.07, 6.45) is 1.64. The fourth-order valence-electron chi connectivity index (χ4n) is 1.90. The van der Waals surface area contributed by atoms with Gasteiger partial charge in [0.25, 0.3) is 0 Å². The van der Waals surface area contributed by atoms with Gasteiger partial charge in [-0.25, -0.2) is 4.79 Å². The molecular weight excluding hydrogens is 252 g/mol. The van der Waals surface area contributed by atoms with Crippen LogP contribution in [0.5, 0.6) is 0 Å². The van der Waals surface area contributed by atoms with Crippen molar-refractivity contribution in [2.45, 2.75) is 31.5 Å². The molecule has 0 atom stereocenters. The van der Waals surface area contributed by atoms with Crippen LogP contribution in [-0.4, -0.2) is 25.2 Å². The van der Waals surface area contributed by atoms with Gasteiger partial charge in [0.15, 0.2) is 0 Å². The zero-order chi connectivity index (χ0) is 12.1. The summed E-state index contributed by atoms with van der Waals surface area (Å²) >= 11 is 0. The summed E-state index contributed by atoms with van der Waals surface area (Å²) in [5, 5.41) is 6.02. The second-order valence-corrected chi connectivity index (χ2v) is 4.36. The molecule has 0 radical (unpaired) electrons. The molecule has 0 heterocycles. The first-order valence-corrected chi connectivity index (χ1v) is 5.92. The highest BCUT2D eigenvalue weighted by molar-refractivity contribution is 5.85. The molecule has 0 spiro atoms. The highest BCUT2D eigenvalue weighted by atomic mass is 35.5. The van der Waals surface area contributed by atoms with Crippen LogP contribution in [0, 0.1) is 0 Å². The SMILES string of the molecule is CNC1CC(NC(=O)OCc2ccccc2)C1.Cl. The molecular formula is C13H19ClN2O2. The Bertz CT molecular complexity index is 367. The van der Waals surface area contributed by atoms with E-state index in [0.29, 0.717) is 12.6 Å². The smallest absolute Gasteiger partial charge is 0.407 e. The molecule has 1 aromatic carbocycles. The average molecular weight is 271 g/mol. The van der Waals surface area contributed by atoms with E-state index in [2.05, 4.69) is 10.6 Å². The average Bonchev–Trinajstić information content (AvgIpc) is 2.32. The summed E-state index contributed by atoms with van der Waals surface area (Å²) < 4.78 is 5.13. The van der Waals surface area contributed by atoms with Gasteiger partial charge in [-0.15, -0.1) is 12.4 Å². The molecule has 0 saturated heterocycles. The van der Waals surface area contributed by atoms with Gasteiger partial charge in [0.05, 0.1) is 0 Å². The first kappa shape index (κ1) is 14.8. The number of rotatable bonds is 4. The van der Waals surface area contributed by atoms with Crippen molar-refractivity contribution in [1.29, 1.82) is 0 Å². The van der Waals surface area contributed by atoms with Gasteiger partial charge in [-0.05, 0) is 25.5 Å². The van der Waals surface area contributed by atoms with Crippen LogP contribution in [0.15, 0.2) is 30.3 Å². The van der Waals surface area contributed by atoms with Crippen LogP contribution in [0.25, 0.3) is 0 Å². The van der Waals surface area contributed by atoms with Gasteiger partial charge in [-0.1, -0.05) is 30.3 Å². The standard InChI is InChI=1S/C13H18N2O2.ClH/c1-14-11-7-12(8-11)15-13(16)17-9-10-5-3-2-4-6-10;/h2-6,11-12,14H,7-9H2,1H3,(H,15,16);1H. The summed E-state index contributed by atoms with van der Waals surface area (Å²) in [5.74, 6) is 0. The number of carbonyl (C=O) groups is 1. The van der Waals surface area contributed by atoms with Crippen LogP contribution < -0.4 is 10.6 Å². The van der Waals surface area contributed by atoms with Crippen LogP contribution in [-0.2, 0) is 11.3 Å². The lowest BCUT2D eigenvalue weighted by molar-refractivity contribution is 0.126. The summed E-state index contributed by atoms with van der Waals surface area (Å²) in [7, 11) is 1.94. The highest BCUT2D eigenvalue weighted by Gasteiger charge is 2.29. The summed E-state index contributed by atoms with van der Waals surface area (Å²) in [4.78, 5) is 11.5. The minimum atomic E-state index is -0.326. The van der Waals surface area contributed by atoms with E-state index in [1.807, 2.05) is 37.4 Å². The maximum absolute atomic E-state index is 11.5. The molecule has 1 aromatic rings. The Morgan fingerprint density at radius 2 is 1.94 bits per heavy atom. The molecule has 1 saturated carbocycles. The monoisotopic (exact) mass is 270 g/mol. The lowest BCUT2D eigenvalue weighted by atomic mass is 9.87. The molecule has 0 bridgehead atoms. The summed E-state index contributed by atoms with van der Waals surface area (Å²) in [6, 6.07) is 10.5. The highest BCUT2D eigenvalue weighted by Crippen LogP contribution is 2.19. The fourth-order valence-corrected chi connectivity index (χ4v) is 1.90. The van der Waals surface area contributed by atoms with Crippen LogP contribution in [0.2, 0.25) is 0 Å². The van der Waals surface area contributed by atoms with E-state index < -0.39 is 0 Å². The Kier molecular flexibility index (Phi) is 5.95. The van der Waals surface area contributed by atoms with E-state index in [1.54, 1.807) is 0 Å². The van der Waals surface area contributed by atoms with Crippen molar-refractivity contribution in [2.24, 2.45) is 0 Å². The fraction of sp³-hybridized carbons (Fsp3) is 0.462. The molecule has 4 nitrogen and oxygen atoms in total. The topological polar surface area (TPSA) is 50.4 Å². The van der Waals surface area contributed by atoms with Gasteiger partial charge in [0, 0.05) is 12.1 Å². The predicted molar refractivity (Wildman–Crippen MR) is 72.9 cm³/mol. The summed E-state index contributed by atoms with van der Waals surface area (Å²) in [6.45, 7) is 0.328. The normalized spacial score (nSPS) is 21.4. The molecule has 1 aliphatic carbocycles. The molecule has 1 fully saturated rings. The maximum atomic E-state index is 11.5. The molecule has 1 aliphatic rings. The molecule has 100 valence electrons. The Morgan fingerprint density at radius 3 is 2.56 bits per heavy atom. The van der Waals surface area contributed by atoms with E-state index in [-0.39, 0.29) is 24.5 Å². The van der Waals surface area contributed by atoms with Gasteiger partial charge in [-0.3, -0.25) is 0 Å². The number of hydrogen-bond acceptors (Lipinski definition) is 3. The third-order valence-electron chi connectivity index (χ3n) is 3.08. The molecule has 1 amide bonds. The van der Waals surface area contributed by atoms with E-state index >= 15 is 0 Å². The Labute approximate surface area is 114 Å². The van der Waals surface area contributed by atoms with Crippen molar-refractivity contribution < 1.29 is 9.53 Å². The lowest BCUT2D eigenvalue weighted by Crippen LogP contribution is -2.51. The Balaban J connectivity index is 0.00000162. The van der Waals surface area contributed by atoms with Crippen LogP contribution in [0.3, 0.4) is 0 Å². The van der Waals surface area contributed by atoms with E-state index in [4.69, 9.17) is 4.74 Å². The molecule has 0 unspecified atom stereocenters. The van der Waals surface area contributed by atoms with Gasteiger partial charge in [0.2, 0.25) is 0 Å². The third-order valence-corrected chi connectivity index (χ3v) is 3.08. The first-order valence-electron chi connectivity index (χ1n) is 5.92. The van der Waals surface area contributed by atoms with Gasteiger partial charge in [0.1, 0.15) is 6.61 Å². The van der Waals surface area contributed by atoms with Gasteiger partial charge in [-0.2, -0.15) is 0 Å². The molecule has 0 aromatic heterocycles. The number of carbonyl (C=O) groups excluding carboxylic acids is 1. The van der Waals surface area contributed by atoms with E-state index in [0.717, 1.165) is 18.4 Å². The van der Waals surface area contributed by atoms with Crippen molar-refractivity contribution in [3.8, 4) is 0 Å². The number of benzene rings is 1. The minimum Gasteiger partial charge on any atom is -0.445 e. The number of ether oxygens (including phenoxy) is 1. The molecule has 5 heteroatoms. The van der Waals surface area contributed by atoms with Gasteiger partial charge < -0.3 is 15.4 Å². The van der Waals surface area contributed by atoms with E-state index in [1.165, 1.54) is 0 Å². The molecule has 2 N–H and O–H groups in total. The van der Waals surface area contributed by atoms with Gasteiger partial charge >= 0.3 is 6.09 Å². The quantitative estimate of drug-likeness (QED) is 0.881. The minimum absolute atomic E-state index is 0. The van der Waals surface area contributed by atoms with Crippen molar-refractivity contribution in [3.63, 3.8) is 0 Å². The Hall–Kier alpha value is -1.26. The first-order chi connectivity index (χ1) is 8.28. The predicted octanol–water partition coefficient (Wildman–Crippen LogP) is 2.08. The maximum Gasteiger partial charge on any atom is 0.407 e. The van der Waals surface area contributed by atoms with Crippen LogP contribution in [0.4, 0.5) is 4.79 Å². The van der Waals surface area contributed by atoms with Crippen LogP contribution in [0.1, 0.15) is 18.4 Å². The van der Waals surface area contributed by atoms with Crippen LogP contribution >= 0.6 is 12.4 Å². The number of alkyl carbamates (subject to hydrolysis) is 1. The zero-order valence-corrected chi connectivity index (χ0v) is 11.2. The number of halogens is 1. The third kappa shape index (κ3) is 4.20. The van der Waals surface area contributed by atoms with Crippen molar-refractivity contribution >= 4 is 18.5 Å². The van der Waals surface area contributed by atoms with Crippen molar-refractivity contribution in [3.05, 3.63) is 35.9 Å². The number of hydrogen-bond donors (Lipinski definition) is 2. The number of nitrogens with one attached hydrogen (secondary N) is 2. The van der Waals surface area contributed by atoms with Crippen molar-refractivity contribution in [1.82, 2.24) is 10.6 Å². The second-order valence-electron chi connectivity index (χ2n) is 4.36. The summed E-state index contributed by atoms with van der Waals surface area (Å²) in [5.41, 5.74) is 1.00.